The molecule has 1 saturated heterocycles. The second kappa shape index (κ2) is 5.83. The highest BCUT2D eigenvalue weighted by atomic mass is 16.2. The van der Waals surface area contributed by atoms with Crippen molar-refractivity contribution in [2.24, 2.45) is 5.92 Å². The number of fused-ring (bicyclic) bond motifs is 1. The van der Waals surface area contributed by atoms with Crippen molar-refractivity contribution in [1.82, 2.24) is 19.1 Å². The minimum absolute atomic E-state index is 0.0528. The van der Waals surface area contributed by atoms with Crippen LogP contribution in [0.4, 0.5) is 0 Å². The molecule has 0 spiro atoms. The van der Waals surface area contributed by atoms with Crippen molar-refractivity contribution in [3.8, 4) is 0 Å². The third-order valence-corrected chi connectivity index (χ3v) is 5.31. The van der Waals surface area contributed by atoms with E-state index in [0.717, 1.165) is 11.2 Å². The van der Waals surface area contributed by atoms with Crippen LogP contribution < -0.4 is 5.56 Å². The van der Waals surface area contributed by atoms with Crippen molar-refractivity contribution in [3.63, 3.8) is 0 Å². The molecular formula is C20H20N4O2. The van der Waals surface area contributed by atoms with Gasteiger partial charge in [-0.15, -0.1) is 0 Å². The number of pyridine rings is 1. The Balaban J connectivity index is 1.25. The predicted octanol–water partition coefficient (Wildman–Crippen LogP) is 2.15. The van der Waals surface area contributed by atoms with Gasteiger partial charge in [-0.1, -0.05) is 6.07 Å². The van der Waals surface area contributed by atoms with Gasteiger partial charge in [0, 0.05) is 48.9 Å². The summed E-state index contributed by atoms with van der Waals surface area (Å²) >= 11 is 0. The van der Waals surface area contributed by atoms with Crippen LogP contribution in [0, 0.1) is 5.92 Å². The summed E-state index contributed by atoms with van der Waals surface area (Å²) in [5.74, 6) is 0.873. The number of carbonyl (C=O) groups excluding carboxylic acids is 1. The molecule has 132 valence electrons. The number of carbonyl (C=O) groups is 1. The van der Waals surface area contributed by atoms with E-state index in [-0.39, 0.29) is 17.4 Å². The molecule has 1 aliphatic carbocycles. The molecule has 2 fully saturated rings. The Morgan fingerprint density at radius 3 is 2.77 bits per heavy atom. The van der Waals surface area contributed by atoms with E-state index in [0.29, 0.717) is 31.1 Å². The van der Waals surface area contributed by atoms with Crippen molar-refractivity contribution < 1.29 is 4.79 Å². The van der Waals surface area contributed by atoms with Gasteiger partial charge in [0.1, 0.15) is 0 Å². The monoisotopic (exact) mass is 348 g/mol. The Bertz CT molecular complexity index is 1010. The van der Waals surface area contributed by atoms with Gasteiger partial charge in [0.05, 0.1) is 17.8 Å². The largest absolute Gasteiger partial charge is 0.338 e. The molecule has 6 heteroatoms. The van der Waals surface area contributed by atoms with Gasteiger partial charge in [-0.05, 0) is 37.1 Å². The van der Waals surface area contributed by atoms with E-state index in [1.165, 1.54) is 12.8 Å². The Morgan fingerprint density at radius 1 is 1.15 bits per heavy atom. The third-order valence-electron chi connectivity index (χ3n) is 5.31. The van der Waals surface area contributed by atoms with E-state index in [1.807, 2.05) is 52.0 Å². The Labute approximate surface area is 150 Å². The molecule has 2 aliphatic rings. The van der Waals surface area contributed by atoms with Crippen LogP contribution in [0.25, 0.3) is 5.52 Å². The molecule has 3 aromatic rings. The summed E-state index contributed by atoms with van der Waals surface area (Å²) in [4.78, 5) is 26.5. The highest BCUT2D eigenvalue weighted by Crippen LogP contribution is 2.38. The number of hydrogen-bond donors (Lipinski definition) is 0. The molecule has 0 N–H and O–H groups in total. The molecule has 26 heavy (non-hydrogen) atoms. The maximum Gasteiger partial charge on any atom is 0.266 e. The first-order valence-corrected chi connectivity index (χ1v) is 9.11. The van der Waals surface area contributed by atoms with E-state index in [9.17, 15) is 9.59 Å². The first-order valence-electron chi connectivity index (χ1n) is 9.11. The third kappa shape index (κ3) is 2.71. The normalized spacial score (nSPS) is 17.5. The van der Waals surface area contributed by atoms with Gasteiger partial charge in [0.2, 0.25) is 0 Å². The topological polar surface area (TPSA) is 59.6 Å². The number of rotatable bonds is 4. The van der Waals surface area contributed by atoms with Crippen molar-refractivity contribution in [1.29, 1.82) is 0 Å². The summed E-state index contributed by atoms with van der Waals surface area (Å²) < 4.78 is 3.53. The predicted molar refractivity (Wildman–Crippen MR) is 97.3 cm³/mol. The van der Waals surface area contributed by atoms with E-state index in [1.54, 1.807) is 10.7 Å². The first-order chi connectivity index (χ1) is 12.7. The fraction of sp³-hybridized carbons (Fsp3) is 0.350. The van der Waals surface area contributed by atoms with Crippen LogP contribution in [0.1, 0.15) is 34.8 Å². The van der Waals surface area contributed by atoms with Gasteiger partial charge in [0.25, 0.3) is 11.5 Å². The molecule has 6 nitrogen and oxygen atoms in total. The van der Waals surface area contributed by atoms with Gasteiger partial charge in [0.15, 0.2) is 0 Å². The molecule has 0 radical (unpaired) electrons. The molecule has 0 atom stereocenters. The van der Waals surface area contributed by atoms with Crippen LogP contribution in [0.5, 0.6) is 0 Å². The van der Waals surface area contributed by atoms with Gasteiger partial charge >= 0.3 is 0 Å². The standard InChI is InChI=1S/C20H20N4O2/c25-19-7-6-18(15-4-5-15)21-24(19)12-14-10-23(11-14)20(26)16-9-17-3-1-2-8-22(17)13-16/h1-3,6-9,13-15H,4-5,10-12H2. The summed E-state index contributed by atoms with van der Waals surface area (Å²) in [6.07, 6.45) is 6.15. The number of nitrogens with zero attached hydrogens (tertiary/aromatic N) is 4. The van der Waals surface area contributed by atoms with Crippen LogP contribution in [0.2, 0.25) is 0 Å². The van der Waals surface area contributed by atoms with Gasteiger partial charge in [-0.3, -0.25) is 9.59 Å². The van der Waals surface area contributed by atoms with Gasteiger partial charge in [-0.2, -0.15) is 5.10 Å². The van der Waals surface area contributed by atoms with E-state index >= 15 is 0 Å². The summed E-state index contributed by atoms with van der Waals surface area (Å²) in [6, 6.07) is 11.3. The van der Waals surface area contributed by atoms with Crippen molar-refractivity contribution in [2.45, 2.75) is 25.3 Å². The number of aromatic nitrogens is 3. The smallest absolute Gasteiger partial charge is 0.266 e. The van der Waals surface area contributed by atoms with Crippen LogP contribution in [0.15, 0.2) is 53.6 Å². The van der Waals surface area contributed by atoms with Crippen LogP contribution in [0.3, 0.4) is 0 Å². The van der Waals surface area contributed by atoms with E-state index in [4.69, 9.17) is 0 Å². The van der Waals surface area contributed by atoms with E-state index in [2.05, 4.69) is 5.10 Å². The van der Waals surface area contributed by atoms with Crippen LogP contribution in [-0.2, 0) is 6.54 Å². The zero-order valence-corrected chi connectivity index (χ0v) is 14.4. The summed E-state index contributed by atoms with van der Waals surface area (Å²) in [5.41, 5.74) is 2.69. The maximum absolute atomic E-state index is 12.6. The van der Waals surface area contributed by atoms with E-state index < -0.39 is 0 Å². The van der Waals surface area contributed by atoms with Crippen molar-refractivity contribution in [2.75, 3.05) is 13.1 Å². The SMILES string of the molecule is O=C(c1cc2ccccn2c1)N1CC(Cn2nc(C3CC3)ccc2=O)C1. The molecule has 3 aromatic heterocycles. The highest BCUT2D eigenvalue weighted by molar-refractivity contribution is 5.96. The molecular weight excluding hydrogens is 328 g/mol. The number of hydrogen-bond acceptors (Lipinski definition) is 3. The molecule has 0 aromatic carbocycles. The Morgan fingerprint density at radius 2 is 2.00 bits per heavy atom. The van der Waals surface area contributed by atoms with Crippen molar-refractivity contribution >= 4 is 11.4 Å². The summed E-state index contributed by atoms with van der Waals surface area (Å²) in [5, 5.41) is 4.51. The number of likely N-dealkylation sites (tertiary alicyclic amines) is 1. The van der Waals surface area contributed by atoms with Gasteiger partial charge in [-0.25, -0.2) is 4.68 Å². The average Bonchev–Trinajstić information content (AvgIpc) is 3.36. The van der Waals surface area contributed by atoms with Crippen molar-refractivity contribution in [3.05, 3.63) is 70.4 Å². The highest BCUT2D eigenvalue weighted by Gasteiger charge is 2.32. The fourth-order valence-corrected chi connectivity index (χ4v) is 3.64. The lowest BCUT2D eigenvalue weighted by atomic mass is 9.99. The second-order valence-corrected chi connectivity index (χ2v) is 7.39. The summed E-state index contributed by atoms with van der Waals surface area (Å²) in [7, 11) is 0. The first kappa shape index (κ1) is 15.4. The maximum atomic E-state index is 12.6. The second-order valence-electron chi connectivity index (χ2n) is 7.39. The molecule has 1 amide bonds. The number of amides is 1. The Kier molecular flexibility index (Phi) is 3.45. The lowest BCUT2D eigenvalue weighted by molar-refractivity contribution is 0.0458. The molecule has 0 bridgehead atoms. The molecule has 0 unspecified atom stereocenters. The summed E-state index contributed by atoms with van der Waals surface area (Å²) in [6.45, 7) is 1.93. The zero-order chi connectivity index (χ0) is 17.7. The minimum Gasteiger partial charge on any atom is -0.338 e. The van der Waals surface area contributed by atoms with Gasteiger partial charge < -0.3 is 9.30 Å². The molecule has 4 heterocycles. The Hall–Kier alpha value is -2.89. The minimum atomic E-state index is -0.0575. The fourth-order valence-electron chi connectivity index (χ4n) is 3.64. The molecule has 1 saturated carbocycles. The zero-order valence-electron chi connectivity index (χ0n) is 14.4. The average molecular weight is 348 g/mol. The lowest BCUT2D eigenvalue weighted by Gasteiger charge is -2.39. The molecule has 5 rings (SSSR count). The van der Waals surface area contributed by atoms with Crippen LogP contribution in [-0.4, -0.2) is 38.1 Å². The quantitative estimate of drug-likeness (QED) is 0.726. The molecule has 1 aliphatic heterocycles. The van der Waals surface area contributed by atoms with Crippen LogP contribution >= 0.6 is 0 Å². The lowest BCUT2D eigenvalue weighted by Crippen LogP contribution is -2.52.